The molecule has 1 amide bonds. The molecule has 0 saturated heterocycles. The van der Waals surface area contributed by atoms with Crippen molar-refractivity contribution in [2.24, 2.45) is 4.36 Å². The van der Waals surface area contributed by atoms with Crippen LogP contribution < -0.4 is 4.72 Å². The van der Waals surface area contributed by atoms with Gasteiger partial charge in [0.25, 0.3) is 5.91 Å². The molecule has 1 aromatic carbocycles. The number of nitrogens with one attached hydrogen (secondary N) is 1. The van der Waals surface area contributed by atoms with Gasteiger partial charge < -0.3 is 10.2 Å². The Morgan fingerprint density at radius 1 is 1.24 bits per heavy atom. The summed E-state index contributed by atoms with van der Waals surface area (Å²) in [5, 5.41) is 38.6. The van der Waals surface area contributed by atoms with Gasteiger partial charge in [-0.1, -0.05) is 27.7 Å². The van der Waals surface area contributed by atoms with Crippen LogP contribution in [0.5, 0.6) is 0 Å². The predicted octanol–water partition coefficient (Wildman–Crippen LogP) is 3.56. The fourth-order valence-electron chi connectivity index (χ4n) is 3.54. The molecule has 34 heavy (non-hydrogen) atoms. The number of rotatable bonds is 8. The number of hydrogen-bond donors (Lipinski definition) is 3. The molecular formula is C23H29N5O4S2. The number of benzene rings is 1. The smallest absolute Gasteiger partial charge is 0.259 e. The number of thiazole rings is 1. The van der Waals surface area contributed by atoms with Crippen molar-refractivity contribution in [1.29, 1.82) is 10.5 Å². The molecule has 0 spiro atoms. The van der Waals surface area contributed by atoms with E-state index in [2.05, 4.69) is 20.1 Å². The number of carbonyl (C=O) groups is 1. The zero-order chi connectivity index (χ0) is 25.8. The molecule has 3 N–H and O–H groups in total. The van der Waals surface area contributed by atoms with Gasteiger partial charge in [-0.25, -0.2) is 13.9 Å². The summed E-state index contributed by atoms with van der Waals surface area (Å²) in [6.07, 6.45) is 1.40. The van der Waals surface area contributed by atoms with Crippen molar-refractivity contribution in [2.45, 2.75) is 76.3 Å². The minimum atomic E-state index is -3.79. The highest BCUT2D eigenvalue weighted by Crippen LogP contribution is 2.33. The van der Waals surface area contributed by atoms with E-state index in [1.165, 1.54) is 13.8 Å². The normalized spacial score (nSPS) is 13.3. The molecule has 0 aliphatic heterocycles. The minimum absolute atomic E-state index is 0.0237. The summed E-state index contributed by atoms with van der Waals surface area (Å²) in [6, 6.07) is 5.64. The first-order valence-corrected chi connectivity index (χ1v) is 13.0. The molecule has 0 aliphatic carbocycles. The second kappa shape index (κ2) is 10.6. The maximum atomic E-state index is 13.6. The maximum absolute atomic E-state index is 13.6. The quantitative estimate of drug-likeness (QED) is 0.367. The Morgan fingerprint density at radius 3 is 2.18 bits per heavy atom. The number of aromatic nitrogens is 1. The van der Waals surface area contributed by atoms with Crippen molar-refractivity contribution >= 4 is 27.2 Å². The van der Waals surface area contributed by atoms with E-state index in [0.29, 0.717) is 11.1 Å². The second-order valence-corrected chi connectivity index (χ2v) is 12.0. The van der Waals surface area contributed by atoms with Crippen molar-refractivity contribution < 1.29 is 19.2 Å². The van der Waals surface area contributed by atoms with E-state index in [0.717, 1.165) is 22.5 Å². The molecule has 0 fully saturated rings. The number of nitrogens with zero attached hydrogens (tertiary/aromatic N) is 4. The van der Waals surface area contributed by atoms with Crippen molar-refractivity contribution in [3.63, 3.8) is 0 Å². The largest absolute Gasteiger partial charge is 0.390 e. The Bertz CT molecular complexity index is 1250. The topological polar surface area (TPSA) is 159 Å². The van der Waals surface area contributed by atoms with Crippen LogP contribution in [0.2, 0.25) is 0 Å². The van der Waals surface area contributed by atoms with E-state index in [9.17, 15) is 29.7 Å². The molecule has 2 aromatic rings. The van der Waals surface area contributed by atoms with Crippen LogP contribution in [0.3, 0.4) is 0 Å². The Labute approximate surface area is 204 Å². The van der Waals surface area contributed by atoms with Gasteiger partial charge in [-0.3, -0.25) is 4.79 Å². The molecule has 0 saturated carbocycles. The minimum Gasteiger partial charge on any atom is -0.390 e. The number of carbonyl (C=O) groups excluding carboxylic acids is 1. The van der Waals surface area contributed by atoms with Crippen LogP contribution in [0.15, 0.2) is 20.8 Å². The van der Waals surface area contributed by atoms with Gasteiger partial charge in [0.1, 0.15) is 0 Å². The van der Waals surface area contributed by atoms with Crippen molar-refractivity contribution in [1.82, 2.24) is 9.71 Å². The Balaban J connectivity index is 2.64. The molecule has 0 aliphatic rings. The van der Waals surface area contributed by atoms with Gasteiger partial charge in [0.05, 0.1) is 40.8 Å². The average Bonchev–Trinajstić information content (AvgIpc) is 3.19. The van der Waals surface area contributed by atoms with Crippen molar-refractivity contribution in [2.75, 3.05) is 0 Å². The fourth-order valence-corrected chi connectivity index (χ4v) is 6.21. The average molecular weight is 504 g/mol. The van der Waals surface area contributed by atoms with Gasteiger partial charge in [-0.05, 0) is 54.5 Å². The third kappa shape index (κ3) is 5.99. The van der Waals surface area contributed by atoms with Crippen LogP contribution in [-0.2, 0) is 33.3 Å². The van der Waals surface area contributed by atoms with Crippen molar-refractivity contribution in [3.8, 4) is 12.3 Å². The highest BCUT2D eigenvalue weighted by molar-refractivity contribution is 7.94. The van der Waals surface area contributed by atoms with Gasteiger partial charge in [0.15, 0.2) is 6.19 Å². The molecule has 1 atom stereocenters. The van der Waals surface area contributed by atoms with E-state index in [1.807, 2.05) is 27.7 Å². The molecule has 0 unspecified atom stereocenters. The lowest BCUT2D eigenvalue weighted by atomic mass is 9.85. The third-order valence-corrected chi connectivity index (χ3v) is 8.58. The molecule has 2 rings (SSSR count). The molecule has 1 heterocycles. The molecule has 182 valence electrons. The molecular weight excluding hydrogens is 474 g/mol. The molecule has 9 nitrogen and oxygen atoms in total. The Hall–Kier alpha value is -2.83. The van der Waals surface area contributed by atoms with Crippen LogP contribution in [0.4, 0.5) is 0 Å². The first kappa shape index (κ1) is 27.4. The lowest BCUT2D eigenvalue weighted by Crippen LogP contribution is -2.21. The molecule has 1 aromatic heterocycles. The summed E-state index contributed by atoms with van der Waals surface area (Å²) in [5.41, 5.74) is 1.57. The summed E-state index contributed by atoms with van der Waals surface area (Å²) in [6.45, 7) is 10.3. The highest BCUT2D eigenvalue weighted by atomic mass is 32.2. The van der Waals surface area contributed by atoms with Gasteiger partial charge in [0.2, 0.25) is 14.3 Å². The van der Waals surface area contributed by atoms with Gasteiger partial charge in [-0.2, -0.15) is 10.5 Å². The zero-order valence-corrected chi connectivity index (χ0v) is 21.7. The highest BCUT2D eigenvalue weighted by Gasteiger charge is 2.29. The summed E-state index contributed by atoms with van der Waals surface area (Å²) >= 11 is 0.815. The Kier molecular flexibility index (Phi) is 8.56. The van der Waals surface area contributed by atoms with E-state index in [-0.39, 0.29) is 33.2 Å². The monoisotopic (exact) mass is 503 g/mol. The van der Waals surface area contributed by atoms with Gasteiger partial charge in [0, 0.05) is 0 Å². The van der Waals surface area contributed by atoms with Gasteiger partial charge >= 0.3 is 0 Å². The number of aliphatic hydroxyl groups excluding tert-OH is 1. The maximum Gasteiger partial charge on any atom is 0.259 e. The first-order valence-electron chi connectivity index (χ1n) is 10.6. The fraction of sp³-hybridized carbons (Fsp3) is 0.478. The van der Waals surface area contributed by atoms with Crippen LogP contribution in [-0.4, -0.2) is 25.3 Å². The number of nitriles is 2. The SMILES string of the molecule is CC(C)c1cc(C#N)cc(C(C)C)c1CC(=O)N=[S@@](=O)(NC#N)c1nc(CO)c(C(C)(C)O)s1. The predicted molar refractivity (Wildman–Crippen MR) is 129 cm³/mol. The van der Waals surface area contributed by atoms with Crippen LogP contribution in [0.1, 0.15) is 86.2 Å². The first-order chi connectivity index (χ1) is 15.8. The zero-order valence-electron chi connectivity index (χ0n) is 20.0. The molecule has 0 radical (unpaired) electrons. The standard InChI is InChI=1S/C23H29N5O4S2/c1-13(2)16-7-15(10-24)8-17(14(3)4)18(16)9-20(30)28-34(32,26-12-25)22-27-19(11-29)21(33-22)23(5,6)31/h7-8,13-14,29,31H,9,11H2,1-6H3,(H,26,28,30,32)/t34-/m0/s1. The summed E-state index contributed by atoms with van der Waals surface area (Å²) in [7, 11) is -3.79. The summed E-state index contributed by atoms with van der Waals surface area (Å²) in [5.74, 6) is -0.682. The third-order valence-electron chi connectivity index (χ3n) is 5.05. The lowest BCUT2D eigenvalue weighted by molar-refractivity contribution is -0.117. The second-order valence-electron chi connectivity index (χ2n) is 8.93. The number of amides is 1. The van der Waals surface area contributed by atoms with E-state index >= 15 is 0 Å². The van der Waals surface area contributed by atoms with Gasteiger partial charge in [-0.15, -0.1) is 15.7 Å². The number of aliphatic hydroxyl groups is 2. The van der Waals surface area contributed by atoms with E-state index in [4.69, 9.17) is 0 Å². The molecule has 11 heteroatoms. The molecule has 0 bridgehead atoms. The van der Waals surface area contributed by atoms with Crippen LogP contribution in [0.25, 0.3) is 0 Å². The summed E-state index contributed by atoms with van der Waals surface area (Å²) in [4.78, 5) is 17.4. The Morgan fingerprint density at radius 2 is 1.79 bits per heavy atom. The number of hydrogen-bond acceptors (Lipinski definition) is 8. The van der Waals surface area contributed by atoms with Crippen LogP contribution in [0, 0.1) is 22.8 Å². The lowest BCUT2D eigenvalue weighted by Gasteiger charge is -2.19. The summed E-state index contributed by atoms with van der Waals surface area (Å²) < 4.78 is 19.3. The van der Waals surface area contributed by atoms with Crippen molar-refractivity contribution in [3.05, 3.63) is 45.0 Å². The van der Waals surface area contributed by atoms with Crippen LogP contribution >= 0.6 is 11.3 Å². The van der Waals surface area contributed by atoms with E-state index in [1.54, 1.807) is 18.3 Å². The van der Waals surface area contributed by atoms with E-state index < -0.39 is 28.0 Å².